The maximum Gasteiger partial charge on any atom is 0.269 e. The third-order valence-electron chi connectivity index (χ3n) is 1.54. The summed E-state index contributed by atoms with van der Waals surface area (Å²) in [6, 6.07) is 3.13. The van der Waals surface area contributed by atoms with Crippen LogP contribution in [-0.4, -0.2) is 23.5 Å². The van der Waals surface area contributed by atoms with E-state index in [0.717, 1.165) is 0 Å². The average molecular weight is 214 g/mol. The van der Waals surface area contributed by atoms with Gasteiger partial charge in [0, 0.05) is 18.8 Å². The lowest BCUT2D eigenvalue weighted by molar-refractivity contribution is 0.0947. The molecule has 0 aliphatic carbocycles. The normalized spacial score (nSPS) is 12.2. The lowest BCUT2D eigenvalue weighted by Gasteiger charge is -2.06. The Labute approximate surface area is 87.5 Å². The lowest BCUT2D eigenvalue weighted by atomic mass is 10.3. The summed E-state index contributed by atoms with van der Waals surface area (Å²) < 4.78 is 0. The summed E-state index contributed by atoms with van der Waals surface area (Å²) in [5, 5.41) is 3.16. The summed E-state index contributed by atoms with van der Waals surface area (Å²) in [6.45, 7) is 2.25. The zero-order valence-electron chi connectivity index (χ0n) is 7.83. The smallest absolute Gasteiger partial charge is 0.269 e. The maximum absolute atomic E-state index is 11.4. The zero-order valence-corrected chi connectivity index (χ0v) is 8.58. The first-order valence-electron chi connectivity index (χ1n) is 4.25. The van der Waals surface area contributed by atoms with Gasteiger partial charge in [-0.1, -0.05) is 11.6 Å². The van der Waals surface area contributed by atoms with Crippen LogP contribution in [-0.2, 0) is 0 Å². The molecule has 0 saturated heterocycles. The second kappa shape index (κ2) is 4.93. The Morgan fingerprint density at radius 2 is 2.43 bits per heavy atom. The number of hydrogen-bond donors (Lipinski definition) is 2. The topological polar surface area (TPSA) is 68.0 Å². The minimum Gasteiger partial charge on any atom is -0.349 e. The third-order valence-corrected chi connectivity index (χ3v) is 1.77. The molecule has 0 saturated carbocycles. The molecule has 1 amide bonds. The molecule has 5 heteroatoms. The number of nitrogens with one attached hydrogen (secondary N) is 1. The molecule has 0 aliphatic heterocycles. The van der Waals surface area contributed by atoms with Crippen LogP contribution in [0, 0.1) is 0 Å². The largest absolute Gasteiger partial charge is 0.349 e. The van der Waals surface area contributed by atoms with Gasteiger partial charge in [0.2, 0.25) is 0 Å². The molecule has 0 aromatic carbocycles. The molecule has 0 radical (unpaired) electrons. The first kappa shape index (κ1) is 10.9. The Kier molecular flexibility index (Phi) is 3.85. The van der Waals surface area contributed by atoms with Crippen molar-refractivity contribution in [2.24, 2.45) is 5.73 Å². The van der Waals surface area contributed by atoms with Crippen molar-refractivity contribution >= 4 is 17.5 Å². The Morgan fingerprint density at radius 1 is 1.71 bits per heavy atom. The van der Waals surface area contributed by atoms with Crippen molar-refractivity contribution in [3.63, 3.8) is 0 Å². The van der Waals surface area contributed by atoms with Crippen LogP contribution in [0.15, 0.2) is 18.3 Å². The molecule has 0 aliphatic rings. The second-order valence-electron chi connectivity index (χ2n) is 3.05. The highest BCUT2D eigenvalue weighted by Gasteiger charge is 2.06. The number of rotatable bonds is 3. The minimum atomic E-state index is -0.237. The van der Waals surface area contributed by atoms with Crippen molar-refractivity contribution in [3.05, 3.63) is 29.0 Å². The third kappa shape index (κ3) is 3.32. The predicted octanol–water partition coefficient (Wildman–Crippen LogP) is 0.812. The van der Waals surface area contributed by atoms with E-state index in [1.165, 1.54) is 6.20 Å². The van der Waals surface area contributed by atoms with Crippen LogP contribution in [0.5, 0.6) is 0 Å². The first-order valence-corrected chi connectivity index (χ1v) is 4.62. The van der Waals surface area contributed by atoms with Crippen molar-refractivity contribution in [2.75, 3.05) is 6.54 Å². The molecule has 0 bridgehead atoms. The van der Waals surface area contributed by atoms with Crippen LogP contribution < -0.4 is 11.1 Å². The van der Waals surface area contributed by atoms with E-state index in [1.54, 1.807) is 12.1 Å². The number of pyridine rings is 1. The number of nitrogens with zero attached hydrogens (tertiary/aromatic N) is 1. The first-order chi connectivity index (χ1) is 6.59. The van der Waals surface area contributed by atoms with Gasteiger partial charge in [0.05, 0.1) is 5.02 Å². The summed E-state index contributed by atoms with van der Waals surface area (Å²) >= 11 is 5.63. The Morgan fingerprint density at radius 3 is 2.93 bits per heavy atom. The van der Waals surface area contributed by atoms with Gasteiger partial charge in [0.15, 0.2) is 0 Å². The fourth-order valence-electron chi connectivity index (χ4n) is 0.854. The van der Waals surface area contributed by atoms with E-state index < -0.39 is 0 Å². The van der Waals surface area contributed by atoms with E-state index in [0.29, 0.717) is 17.3 Å². The van der Waals surface area contributed by atoms with E-state index in [2.05, 4.69) is 10.3 Å². The van der Waals surface area contributed by atoms with Crippen molar-refractivity contribution < 1.29 is 4.79 Å². The van der Waals surface area contributed by atoms with Crippen molar-refractivity contribution in [3.8, 4) is 0 Å². The molecule has 0 fully saturated rings. The second-order valence-corrected chi connectivity index (χ2v) is 3.49. The van der Waals surface area contributed by atoms with Crippen molar-refractivity contribution in [1.29, 1.82) is 0 Å². The van der Waals surface area contributed by atoms with Gasteiger partial charge in [0.1, 0.15) is 5.69 Å². The van der Waals surface area contributed by atoms with Crippen LogP contribution >= 0.6 is 11.6 Å². The molecule has 1 rings (SSSR count). The Bertz CT molecular complexity index is 310. The van der Waals surface area contributed by atoms with Crippen LogP contribution in [0.2, 0.25) is 5.02 Å². The van der Waals surface area contributed by atoms with Crippen LogP contribution in [0.4, 0.5) is 0 Å². The van der Waals surface area contributed by atoms with E-state index in [9.17, 15) is 4.79 Å². The van der Waals surface area contributed by atoms with E-state index >= 15 is 0 Å². The average Bonchev–Trinajstić information content (AvgIpc) is 2.15. The predicted molar refractivity (Wildman–Crippen MR) is 55.2 cm³/mol. The van der Waals surface area contributed by atoms with E-state index in [1.807, 2.05) is 6.92 Å². The molecule has 1 heterocycles. The highest BCUT2D eigenvalue weighted by molar-refractivity contribution is 6.30. The number of aromatic nitrogens is 1. The molecule has 1 aromatic heterocycles. The molecule has 76 valence electrons. The van der Waals surface area contributed by atoms with Crippen LogP contribution in [0.3, 0.4) is 0 Å². The van der Waals surface area contributed by atoms with Crippen LogP contribution in [0.25, 0.3) is 0 Å². The van der Waals surface area contributed by atoms with Crippen molar-refractivity contribution in [2.45, 2.75) is 13.0 Å². The number of carbonyl (C=O) groups is 1. The highest BCUT2D eigenvalue weighted by atomic mass is 35.5. The number of nitrogens with two attached hydrogens (primary N) is 1. The summed E-state index contributed by atoms with van der Waals surface area (Å²) in [6.07, 6.45) is 1.43. The molecular weight excluding hydrogens is 202 g/mol. The van der Waals surface area contributed by atoms with Gasteiger partial charge < -0.3 is 11.1 Å². The molecular formula is C9H12ClN3O. The fourth-order valence-corrected chi connectivity index (χ4v) is 0.966. The van der Waals surface area contributed by atoms with Gasteiger partial charge in [-0.3, -0.25) is 4.79 Å². The van der Waals surface area contributed by atoms with Gasteiger partial charge in [-0.05, 0) is 19.1 Å². The fraction of sp³-hybridized carbons (Fsp3) is 0.333. The standard InChI is InChI=1S/C9H12ClN3O/c1-6(11)4-13-9(14)8-3-2-7(10)5-12-8/h2-3,5-6H,4,11H2,1H3,(H,13,14). The summed E-state index contributed by atoms with van der Waals surface area (Å²) in [4.78, 5) is 15.3. The van der Waals surface area contributed by atoms with Gasteiger partial charge >= 0.3 is 0 Å². The Hall–Kier alpha value is -1.13. The quantitative estimate of drug-likeness (QED) is 0.781. The van der Waals surface area contributed by atoms with Gasteiger partial charge in [-0.2, -0.15) is 0 Å². The number of hydrogen-bond acceptors (Lipinski definition) is 3. The van der Waals surface area contributed by atoms with Gasteiger partial charge in [-0.25, -0.2) is 4.98 Å². The molecule has 0 spiro atoms. The van der Waals surface area contributed by atoms with Crippen LogP contribution in [0.1, 0.15) is 17.4 Å². The molecule has 1 aromatic rings. The summed E-state index contributed by atoms with van der Waals surface area (Å²) in [5.74, 6) is -0.237. The number of halogens is 1. The maximum atomic E-state index is 11.4. The van der Waals surface area contributed by atoms with Gasteiger partial charge in [0.25, 0.3) is 5.91 Å². The molecule has 1 atom stereocenters. The summed E-state index contributed by atoms with van der Waals surface area (Å²) in [7, 11) is 0. The molecule has 1 unspecified atom stereocenters. The monoisotopic (exact) mass is 213 g/mol. The van der Waals surface area contributed by atoms with Crippen molar-refractivity contribution in [1.82, 2.24) is 10.3 Å². The van der Waals surface area contributed by atoms with E-state index in [-0.39, 0.29) is 11.9 Å². The molecule has 14 heavy (non-hydrogen) atoms. The summed E-state index contributed by atoms with van der Waals surface area (Å²) in [5.41, 5.74) is 5.83. The zero-order chi connectivity index (χ0) is 10.6. The minimum absolute atomic E-state index is 0.0637. The SMILES string of the molecule is CC(N)CNC(=O)c1ccc(Cl)cn1. The number of carbonyl (C=O) groups excluding carboxylic acids is 1. The van der Waals surface area contributed by atoms with E-state index in [4.69, 9.17) is 17.3 Å². The highest BCUT2D eigenvalue weighted by Crippen LogP contribution is 2.05. The number of amides is 1. The van der Waals surface area contributed by atoms with Gasteiger partial charge in [-0.15, -0.1) is 0 Å². The molecule has 3 N–H and O–H groups in total. The molecule has 4 nitrogen and oxygen atoms in total. The lowest BCUT2D eigenvalue weighted by Crippen LogP contribution is -2.35. The Balaban J connectivity index is 2.57.